The Balaban J connectivity index is 1.79. The molecular formula is C26H19BN2. The summed E-state index contributed by atoms with van der Waals surface area (Å²) in [6.45, 7) is 4.77. The first-order valence-corrected chi connectivity index (χ1v) is 10.3. The average molecular weight is 370 g/mol. The van der Waals surface area contributed by atoms with Crippen molar-refractivity contribution < 1.29 is 0 Å². The van der Waals surface area contributed by atoms with E-state index in [2.05, 4.69) is 96.5 Å². The molecule has 0 saturated heterocycles. The maximum Gasteiger partial charge on any atom is 0.252 e. The lowest BCUT2D eigenvalue weighted by atomic mass is 9.33. The minimum absolute atomic E-state index is 0.244. The maximum atomic E-state index is 3.70. The predicted molar refractivity (Wildman–Crippen MR) is 125 cm³/mol. The third kappa shape index (κ3) is 1.75. The van der Waals surface area contributed by atoms with Crippen molar-refractivity contribution in [1.82, 2.24) is 4.57 Å². The van der Waals surface area contributed by atoms with Crippen molar-refractivity contribution in [3.05, 3.63) is 84.1 Å². The summed E-state index contributed by atoms with van der Waals surface area (Å²) in [7, 11) is 0. The van der Waals surface area contributed by atoms with Crippen LogP contribution in [0.3, 0.4) is 0 Å². The molecule has 0 spiro atoms. The number of anilines is 2. The highest BCUT2D eigenvalue weighted by atomic mass is 15.0. The zero-order valence-electron chi connectivity index (χ0n) is 16.5. The second-order valence-electron chi connectivity index (χ2n) is 8.34. The Hall–Kier alpha value is -3.46. The molecule has 2 aliphatic rings. The maximum absolute atomic E-state index is 3.70. The number of rotatable bonds is 0. The Morgan fingerprint density at radius 3 is 2.48 bits per heavy atom. The minimum Gasteiger partial charge on any atom is -0.356 e. The molecule has 0 amide bonds. The van der Waals surface area contributed by atoms with Crippen molar-refractivity contribution in [1.29, 1.82) is 0 Å². The Morgan fingerprint density at radius 2 is 1.55 bits per heavy atom. The summed E-state index contributed by atoms with van der Waals surface area (Å²) in [4.78, 5) is 0. The fraction of sp³-hybridized carbons (Fsp3) is 0.0769. The Bertz CT molecular complexity index is 1510. The van der Waals surface area contributed by atoms with Crippen LogP contribution in [0.1, 0.15) is 11.3 Å². The van der Waals surface area contributed by atoms with E-state index in [1.54, 1.807) is 0 Å². The molecule has 0 atom stereocenters. The van der Waals surface area contributed by atoms with Crippen molar-refractivity contribution in [3.63, 3.8) is 0 Å². The lowest BCUT2D eigenvalue weighted by molar-refractivity contribution is 1.05. The Morgan fingerprint density at radius 1 is 0.759 bits per heavy atom. The van der Waals surface area contributed by atoms with Gasteiger partial charge in [0, 0.05) is 33.7 Å². The molecule has 0 saturated carbocycles. The SMILES string of the molecule is Cc1c(C)n2c3c(c4ccccc4cc13)B1c3ccccc3Nc3cccc-2c31. The number of benzene rings is 4. The van der Waals surface area contributed by atoms with Gasteiger partial charge in [0.1, 0.15) is 0 Å². The number of para-hydroxylation sites is 1. The standard InChI is InChI=1S/C26H19BN2/c1-15-16(2)29-23-13-7-12-22-25(23)27(20-10-5-6-11-21(20)28-22)24-18-9-4-3-8-17(18)14-19(15)26(24)29/h3-14,28H,1-2H3. The molecule has 1 N–H and O–H groups in total. The van der Waals surface area contributed by atoms with Crippen LogP contribution in [-0.2, 0) is 0 Å². The largest absolute Gasteiger partial charge is 0.356 e. The molecule has 136 valence electrons. The van der Waals surface area contributed by atoms with E-state index in [-0.39, 0.29) is 6.71 Å². The van der Waals surface area contributed by atoms with Crippen molar-refractivity contribution in [3.8, 4) is 5.69 Å². The molecule has 0 radical (unpaired) electrons. The molecule has 2 nitrogen and oxygen atoms in total. The molecule has 29 heavy (non-hydrogen) atoms. The fourth-order valence-electron chi connectivity index (χ4n) is 5.64. The zero-order chi connectivity index (χ0) is 19.3. The highest BCUT2D eigenvalue weighted by Crippen LogP contribution is 2.36. The number of nitrogens with one attached hydrogen (secondary N) is 1. The number of aromatic nitrogens is 1. The summed E-state index contributed by atoms with van der Waals surface area (Å²) >= 11 is 0. The van der Waals surface area contributed by atoms with Crippen LogP contribution in [-0.4, -0.2) is 11.3 Å². The molecule has 0 bridgehead atoms. The van der Waals surface area contributed by atoms with E-state index in [0.29, 0.717) is 0 Å². The number of aryl methyl sites for hydroxylation is 1. The first-order valence-electron chi connectivity index (χ1n) is 10.3. The molecule has 5 aromatic rings. The molecule has 0 unspecified atom stereocenters. The Labute approximate surface area is 169 Å². The van der Waals surface area contributed by atoms with Crippen molar-refractivity contribution in [2.75, 3.05) is 5.32 Å². The minimum atomic E-state index is 0.244. The van der Waals surface area contributed by atoms with Gasteiger partial charge in [-0.05, 0) is 70.8 Å². The van der Waals surface area contributed by atoms with Crippen molar-refractivity contribution in [2.24, 2.45) is 0 Å². The second kappa shape index (κ2) is 5.12. The molecule has 0 aliphatic carbocycles. The highest BCUT2D eigenvalue weighted by molar-refractivity contribution is 7.01. The van der Waals surface area contributed by atoms with E-state index in [4.69, 9.17) is 0 Å². The van der Waals surface area contributed by atoms with Gasteiger partial charge in [0.15, 0.2) is 0 Å². The van der Waals surface area contributed by atoms with Crippen molar-refractivity contribution >= 4 is 56.2 Å². The van der Waals surface area contributed by atoms with E-state index >= 15 is 0 Å². The van der Waals surface area contributed by atoms with E-state index in [0.717, 1.165) is 0 Å². The summed E-state index contributed by atoms with van der Waals surface area (Å²) in [5.74, 6) is 0. The number of hydrogen-bond acceptors (Lipinski definition) is 1. The molecule has 3 heterocycles. The van der Waals surface area contributed by atoms with E-state index in [9.17, 15) is 0 Å². The molecule has 4 aromatic carbocycles. The van der Waals surface area contributed by atoms with Crippen LogP contribution in [0.25, 0.3) is 27.4 Å². The molecule has 1 aromatic heterocycles. The van der Waals surface area contributed by atoms with Crippen molar-refractivity contribution in [2.45, 2.75) is 13.8 Å². The van der Waals surface area contributed by atoms with Gasteiger partial charge in [0.2, 0.25) is 0 Å². The molecule has 0 fully saturated rings. The smallest absolute Gasteiger partial charge is 0.252 e. The lowest BCUT2D eigenvalue weighted by Gasteiger charge is -2.35. The topological polar surface area (TPSA) is 17.0 Å². The third-order valence-electron chi connectivity index (χ3n) is 7.01. The van der Waals surface area contributed by atoms with Gasteiger partial charge >= 0.3 is 0 Å². The van der Waals surface area contributed by atoms with Crippen LogP contribution in [0.5, 0.6) is 0 Å². The quantitative estimate of drug-likeness (QED) is 0.394. The Kier molecular flexibility index (Phi) is 2.73. The number of fused-ring (bicyclic) bond motifs is 6. The van der Waals surface area contributed by atoms with Gasteiger partial charge in [-0.2, -0.15) is 0 Å². The van der Waals surface area contributed by atoms with Gasteiger partial charge in [0.05, 0.1) is 0 Å². The summed E-state index contributed by atoms with van der Waals surface area (Å²) in [6, 6.07) is 26.7. The van der Waals surface area contributed by atoms with Gasteiger partial charge in [0.25, 0.3) is 6.71 Å². The van der Waals surface area contributed by atoms with Gasteiger partial charge < -0.3 is 9.88 Å². The van der Waals surface area contributed by atoms with E-state index in [1.165, 1.54) is 66.4 Å². The van der Waals surface area contributed by atoms with Crippen LogP contribution < -0.4 is 21.7 Å². The third-order valence-corrected chi connectivity index (χ3v) is 7.01. The van der Waals surface area contributed by atoms with Crippen LogP contribution in [0.15, 0.2) is 72.8 Å². The monoisotopic (exact) mass is 370 g/mol. The first-order chi connectivity index (χ1) is 14.2. The molecule has 3 heteroatoms. The van der Waals surface area contributed by atoms with Gasteiger partial charge in [-0.25, -0.2) is 0 Å². The normalized spacial score (nSPS) is 13.4. The summed E-state index contributed by atoms with van der Waals surface area (Å²) in [5.41, 5.74) is 12.1. The molecule has 7 rings (SSSR count). The fourth-order valence-corrected chi connectivity index (χ4v) is 5.64. The summed E-state index contributed by atoms with van der Waals surface area (Å²) in [5, 5.41) is 7.77. The second-order valence-corrected chi connectivity index (χ2v) is 8.34. The summed E-state index contributed by atoms with van der Waals surface area (Å²) in [6.07, 6.45) is 0. The van der Waals surface area contributed by atoms with Gasteiger partial charge in [-0.1, -0.05) is 48.5 Å². The molecule has 2 aliphatic heterocycles. The van der Waals surface area contributed by atoms with Crippen LogP contribution in [0.4, 0.5) is 11.4 Å². The number of hydrogen-bond donors (Lipinski definition) is 1. The van der Waals surface area contributed by atoms with Crippen LogP contribution in [0, 0.1) is 13.8 Å². The predicted octanol–water partition coefficient (Wildman–Crippen LogP) is 4.29. The summed E-state index contributed by atoms with van der Waals surface area (Å²) < 4.78 is 2.50. The van der Waals surface area contributed by atoms with Gasteiger partial charge in [-0.3, -0.25) is 0 Å². The van der Waals surface area contributed by atoms with E-state index in [1.807, 2.05) is 0 Å². The van der Waals surface area contributed by atoms with E-state index < -0.39 is 0 Å². The highest BCUT2D eigenvalue weighted by Gasteiger charge is 2.39. The number of nitrogens with zero attached hydrogens (tertiary/aromatic N) is 1. The van der Waals surface area contributed by atoms with Crippen LogP contribution in [0.2, 0.25) is 0 Å². The molecular weight excluding hydrogens is 351 g/mol. The van der Waals surface area contributed by atoms with Gasteiger partial charge in [-0.15, -0.1) is 0 Å². The lowest BCUT2D eigenvalue weighted by Crippen LogP contribution is -2.59. The average Bonchev–Trinajstić information content (AvgIpc) is 3.01. The first kappa shape index (κ1) is 15.5. The zero-order valence-corrected chi connectivity index (χ0v) is 16.5. The van der Waals surface area contributed by atoms with Crippen LogP contribution >= 0.6 is 0 Å².